The Kier molecular flexibility index (Phi) is 3.81. The molecule has 1 aromatic carbocycles. The van der Waals surface area contributed by atoms with E-state index < -0.39 is 0 Å². The van der Waals surface area contributed by atoms with E-state index in [0.717, 1.165) is 17.5 Å². The fourth-order valence-electron chi connectivity index (χ4n) is 1.11. The molecule has 1 nitrogen and oxygen atoms in total. The summed E-state index contributed by atoms with van der Waals surface area (Å²) in [6, 6.07) is 7.88. The van der Waals surface area contributed by atoms with Crippen molar-refractivity contribution in [3.63, 3.8) is 0 Å². The normalized spacial score (nSPS) is 8.69. The van der Waals surface area contributed by atoms with E-state index in [2.05, 4.69) is 18.4 Å². The lowest BCUT2D eigenvalue weighted by Crippen LogP contribution is -1.87. The number of allylic oxidation sites excluding steroid dienone is 1. The Labute approximate surface area is 78.7 Å². The van der Waals surface area contributed by atoms with Gasteiger partial charge in [0.2, 0.25) is 0 Å². The summed E-state index contributed by atoms with van der Waals surface area (Å²) >= 11 is 0. The van der Waals surface area contributed by atoms with Crippen LogP contribution in [0.2, 0.25) is 0 Å². The highest BCUT2D eigenvalue weighted by Gasteiger charge is 1.94. The monoisotopic (exact) mass is 172 g/mol. The van der Waals surface area contributed by atoms with Crippen LogP contribution in [0.4, 0.5) is 0 Å². The zero-order valence-corrected chi connectivity index (χ0v) is 7.46. The highest BCUT2D eigenvalue weighted by molar-refractivity contribution is 5.42. The van der Waals surface area contributed by atoms with Crippen molar-refractivity contribution in [3.8, 4) is 11.8 Å². The second-order valence-corrected chi connectivity index (χ2v) is 2.61. The van der Waals surface area contributed by atoms with Crippen LogP contribution in [0.3, 0.4) is 0 Å². The van der Waals surface area contributed by atoms with E-state index in [1.807, 2.05) is 30.3 Å². The van der Waals surface area contributed by atoms with Gasteiger partial charge >= 0.3 is 0 Å². The van der Waals surface area contributed by atoms with Gasteiger partial charge in [-0.3, -0.25) is 0 Å². The Bertz CT molecular complexity index is 342. The molecule has 0 saturated carbocycles. The summed E-state index contributed by atoms with van der Waals surface area (Å²) in [7, 11) is 0. The molecule has 0 aliphatic heterocycles. The number of benzene rings is 1. The van der Waals surface area contributed by atoms with E-state index in [0.29, 0.717) is 0 Å². The van der Waals surface area contributed by atoms with Crippen molar-refractivity contribution in [2.45, 2.75) is 6.42 Å². The highest BCUT2D eigenvalue weighted by atomic mass is 16.2. The summed E-state index contributed by atoms with van der Waals surface area (Å²) < 4.78 is 0. The topological polar surface area (TPSA) is 20.2 Å². The third-order valence-corrected chi connectivity index (χ3v) is 1.68. The van der Waals surface area contributed by atoms with Gasteiger partial charge in [-0.25, -0.2) is 0 Å². The van der Waals surface area contributed by atoms with Gasteiger partial charge in [-0.2, -0.15) is 0 Å². The van der Waals surface area contributed by atoms with Crippen molar-refractivity contribution in [1.82, 2.24) is 0 Å². The number of aliphatic hydroxyl groups excluding tert-OH is 1. The predicted octanol–water partition coefficient (Wildman–Crippen LogP) is 1.76. The third-order valence-electron chi connectivity index (χ3n) is 1.68. The van der Waals surface area contributed by atoms with Crippen LogP contribution in [0.25, 0.3) is 0 Å². The second-order valence-electron chi connectivity index (χ2n) is 2.61. The number of hydrogen-bond acceptors (Lipinski definition) is 1. The van der Waals surface area contributed by atoms with E-state index >= 15 is 0 Å². The molecule has 13 heavy (non-hydrogen) atoms. The fourth-order valence-corrected chi connectivity index (χ4v) is 1.11. The molecule has 1 aromatic rings. The van der Waals surface area contributed by atoms with E-state index in [1.54, 1.807) is 0 Å². The lowest BCUT2D eigenvalue weighted by Gasteiger charge is -1.99. The van der Waals surface area contributed by atoms with Crippen LogP contribution in [-0.2, 0) is 6.42 Å². The first kappa shape index (κ1) is 9.57. The predicted molar refractivity (Wildman–Crippen MR) is 54.3 cm³/mol. The zero-order chi connectivity index (χ0) is 9.52. The van der Waals surface area contributed by atoms with Gasteiger partial charge in [-0.15, -0.1) is 6.58 Å². The lowest BCUT2D eigenvalue weighted by atomic mass is 10.1. The van der Waals surface area contributed by atoms with Gasteiger partial charge in [0.05, 0.1) is 0 Å². The molecule has 0 heterocycles. The molecule has 0 bridgehead atoms. The van der Waals surface area contributed by atoms with E-state index in [4.69, 9.17) is 5.11 Å². The second kappa shape index (κ2) is 5.18. The first-order chi connectivity index (χ1) is 6.38. The molecule has 0 spiro atoms. The Balaban J connectivity index is 2.96. The Morgan fingerprint density at radius 3 is 2.85 bits per heavy atom. The van der Waals surface area contributed by atoms with Crippen LogP contribution < -0.4 is 0 Å². The standard InChI is InChI=1S/C12H12O/c1-2-6-11-7-3-4-8-12(11)9-5-10-13/h2-4,7-8,13H,1,6,10H2. The summed E-state index contributed by atoms with van der Waals surface area (Å²) in [5.74, 6) is 5.53. The summed E-state index contributed by atoms with van der Waals surface area (Å²) in [4.78, 5) is 0. The minimum atomic E-state index is -0.0948. The highest BCUT2D eigenvalue weighted by Crippen LogP contribution is 2.07. The quantitative estimate of drug-likeness (QED) is 0.532. The first-order valence-electron chi connectivity index (χ1n) is 4.17. The lowest BCUT2D eigenvalue weighted by molar-refractivity contribution is 0.350. The van der Waals surface area contributed by atoms with Gasteiger partial charge < -0.3 is 5.11 Å². The molecule has 0 unspecified atom stereocenters. The number of rotatable bonds is 2. The van der Waals surface area contributed by atoms with Crippen molar-refractivity contribution in [3.05, 3.63) is 48.0 Å². The van der Waals surface area contributed by atoms with Crippen molar-refractivity contribution in [2.75, 3.05) is 6.61 Å². The summed E-state index contributed by atoms with van der Waals surface area (Å²) in [6.07, 6.45) is 2.66. The van der Waals surface area contributed by atoms with Gasteiger partial charge in [0.25, 0.3) is 0 Å². The molecule has 66 valence electrons. The molecule has 1 heteroatoms. The molecule has 1 N–H and O–H groups in total. The molecule has 0 aromatic heterocycles. The van der Waals surface area contributed by atoms with Gasteiger partial charge in [-0.05, 0) is 18.1 Å². The average Bonchev–Trinajstić information content (AvgIpc) is 2.17. The Morgan fingerprint density at radius 2 is 2.15 bits per heavy atom. The smallest absolute Gasteiger partial charge is 0.104 e. The largest absolute Gasteiger partial charge is 0.384 e. The van der Waals surface area contributed by atoms with Crippen LogP contribution in [0, 0.1) is 11.8 Å². The third kappa shape index (κ3) is 2.77. The molecule has 0 fully saturated rings. The molecule has 0 aliphatic rings. The van der Waals surface area contributed by atoms with E-state index in [1.165, 1.54) is 0 Å². The van der Waals surface area contributed by atoms with Crippen LogP contribution in [0.15, 0.2) is 36.9 Å². The summed E-state index contributed by atoms with van der Waals surface area (Å²) in [5, 5.41) is 8.55. The van der Waals surface area contributed by atoms with Gasteiger partial charge in [0.15, 0.2) is 0 Å². The van der Waals surface area contributed by atoms with E-state index in [-0.39, 0.29) is 6.61 Å². The summed E-state index contributed by atoms with van der Waals surface area (Å²) in [6.45, 7) is 3.58. The minimum absolute atomic E-state index is 0.0948. The Morgan fingerprint density at radius 1 is 1.38 bits per heavy atom. The average molecular weight is 172 g/mol. The van der Waals surface area contributed by atoms with Crippen LogP contribution in [-0.4, -0.2) is 11.7 Å². The summed E-state index contributed by atoms with van der Waals surface area (Å²) in [5.41, 5.74) is 2.12. The number of hydrogen-bond donors (Lipinski definition) is 1. The molecule has 0 aliphatic carbocycles. The molecule has 1 rings (SSSR count). The van der Waals surface area contributed by atoms with Gasteiger partial charge in [0, 0.05) is 5.56 Å². The molecular weight excluding hydrogens is 160 g/mol. The zero-order valence-electron chi connectivity index (χ0n) is 7.46. The molecular formula is C12H12O. The minimum Gasteiger partial charge on any atom is -0.384 e. The molecule has 0 amide bonds. The maximum absolute atomic E-state index is 8.55. The molecule has 0 radical (unpaired) electrons. The van der Waals surface area contributed by atoms with Crippen LogP contribution >= 0.6 is 0 Å². The van der Waals surface area contributed by atoms with Crippen molar-refractivity contribution in [1.29, 1.82) is 0 Å². The SMILES string of the molecule is C=CCc1ccccc1C#CCO. The van der Waals surface area contributed by atoms with E-state index in [9.17, 15) is 0 Å². The number of aliphatic hydroxyl groups is 1. The van der Waals surface area contributed by atoms with Crippen molar-refractivity contribution >= 4 is 0 Å². The molecule has 0 saturated heterocycles. The molecule has 0 atom stereocenters. The van der Waals surface area contributed by atoms with Crippen LogP contribution in [0.5, 0.6) is 0 Å². The maximum atomic E-state index is 8.55. The van der Waals surface area contributed by atoms with Crippen molar-refractivity contribution in [2.24, 2.45) is 0 Å². The fraction of sp³-hybridized carbons (Fsp3) is 0.167. The van der Waals surface area contributed by atoms with Crippen LogP contribution in [0.1, 0.15) is 11.1 Å². The first-order valence-corrected chi connectivity index (χ1v) is 4.17. The Hall–Kier alpha value is -1.52. The van der Waals surface area contributed by atoms with Gasteiger partial charge in [-0.1, -0.05) is 36.1 Å². The maximum Gasteiger partial charge on any atom is 0.104 e. The van der Waals surface area contributed by atoms with Gasteiger partial charge in [0.1, 0.15) is 6.61 Å². The van der Waals surface area contributed by atoms with Crippen molar-refractivity contribution < 1.29 is 5.11 Å².